The van der Waals surface area contributed by atoms with E-state index in [1.807, 2.05) is 6.07 Å². The topological polar surface area (TPSA) is 38.0 Å². The number of hydrogen-bond acceptors (Lipinski definition) is 2. The predicted octanol–water partition coefficient (Wildman–Crippen LogP) is 2.47. The first-order chi connectivity index (χ1) is 7.09. The number of nitrogens with two attached hydrogens (primary N) is 1. The van der Waals surface area contributed by atoms with Crippen LogP contribution in [-0.2, 0) is 6.54 Å². The van der Waals surface area contributed by atoms with Crippen molar-refractivity contribution in [2.45, 2.75) is 33.2 Å². The highest BCUT2D eigenvalue weighted by molar-refractivity contribution is 5.48. The summed E-state index contributed by atoms with van der Waals surface area (Å²) >= 11 is 0. The molecule has 1 aromatic carbocycles. The Bertz CT molecular complexity index is 354. The summed E-state index contributed by atoms with van der Waals surface area (Å²) in [6.07, 6.45) is 2.73. The van der Waals surface area contributed by atoms with E-state index in [1.54, 1.807) is 0 Å². The Morgan fingerprint density at radius 3 is 2.80 bits per heavy atom. The van der Waals surface area contributed by atoms with E-state index in [0.29, 0.717) is 5.41 Å². The molecule has 0 bridgehead atoms. The summed E-state index contributed by atoms with van der Waals surface area (Å²) in [6, 6.07) is 6.21. The molecule has 0 aliphatic heterocycles. The minimum atomic E-state index is 0.568. The number of rotatable bonds is 4. The summed E-state index contributed by atoms with van der Waals surface area (Å²) in [5.41, 5.74) is 9.88. The van der Waals surface area contributed by atoms with Gasteiger partial charge in [-0.05, 0) is 36.8 Å². The van der Waals surface area contributed by atoms with Gasteiger partial charge in [0.1, 0.15) is 0 Å². The van der Waals surface area contributed by atoms with Crippen molar-refractivity contribution < 1.29 is 0 Å². The minimum Gasteiger partial charge on any atom is -0.398 e. The summed E-state index contributed by atoms with van der Waals surface area (Å²) in [4.78, 5) is 0. The number of nitrogens with one attached hydrogen (secondary N) is 1. The zero-order chi connectivity index (χ0) is 10.9. The molecule has 0 unspecified atom stereocenters. The standard InChI is InChI=1S/C13H20N2/c1-10-3-4-12(14)11(7-10)8-15-9-13(2)5-6-13/h3-4,7,15H,5-6,8-9,14H2,1-2H3. The molecule has 1 aromatic rings. The molecule has 1 aliphatic carbocycles. The van der Waals surface area contributed by atoms with Gasteiger partial charge >= 0.3 is 0 Å². The molecule has 3 N–H and O–H groups in total. The Hall–Kier alpha value is -1.02. The fraction of sp³-hybridized carbons (Fsp3) is 0.538. The van der Waals surface area contributed by atoms with Crippen LogP contribution in [0.5, 0.6) is 0 Å². The average Bonchev–Trinajstić information content (AvgIpc) is 2.90. The molecule has 0 heterocycles. The second-order valence-electron chi connectivity index (χ2n) is 5.12. The van der Waals surface area contributed by atoms with Gasteiger partial charge in [-0.15, -0.1) is 0 Å². The molecule has 2 rings (SSSR count). The maximum absolute atomic E-state index is 5.91. The van der Waals surface area contributed by atoms with E-state index in [4.69, 9.17) is 5.73 Å². The van der Waals surface area contributed by atoms with Crippen LogP contribution < -0.4 is 11.1 Å². The van der Waals surface area contributed by atoms with Crippen LogP contribution in [0.15, 0.2) is 18.2 Å². The molecule has 1 saturated carbocycles. The normalized spacial score (nSPS) is 17.7. The zero-order valence-corrected chi connectivity index (χ0v) is 9.64. The van der Waals surface area contributed by atoms with Crippen LogP contribution in [0.3, 0.4) is 0 Å². The minimum absolute atomic E-state index is 0.568. The Kier molecular flexibility index (Phi) is 2.70. The van der Waals surface area contributed by atoms with Crippen molar-refractivity contribution in [2.75, 3.05) is 12.3 Å². The van der Waals surface area contributed by atoms with E-state index in [-0.39, 0.29) is 0 Å². The van der Waals surface area contributed by atoms with Gasteiger partial charge in [0.15, 0.2) is 0 Å². The highest BCUT2D eigenvalue weighted by Gasteiger charge is 2.36. The third-order valence-corrected chi connectivity index (χ3v) is 3.27. The Morgan fingerprint density at radius 1 is 1.40 bits per heavy atom. The van der Waals surface area contributed by atoms with Crippen LogP contribution in [0.1, 0.15) is 30.9 Å². The molecule has 15 heavy (non-hydrogen) atoms. The molecular weight excluding hydrogens is 184 g/mol. The fourth-order valence-electron chi connectivity index (χ4n) is 1.78. The van der Waals surface area contributed by atoms with Crippen LogP contribution in [-0.4, -0.2) is 6.54 Å². The molecule has 2 heteroatoms. The first-order valence-corrected chi connectivity index (χ1v) is 5.65. The van der Waals surface area contributed by atoms with Crippen LogP contribution >= 0.6 is 0 Å². The van der Waals surface area contributed by atoms with E-state index in [1.165, 1.54) is 24.0 Å². The number of anilines is 1. The van der Waals surface area contributed by atoms with Gasteiger partial charge in [0.2, 0.25) is 0 Å². The third kappa shape index (κ3) is 2.72. The first-order valence-electron chi connectivity index (χ1n) is 5.65. The second kappa shape index (κ2) is 3.86. The van der Waals surface area contributed by atoms with Crippen LogP contribution in [0, 0.1) is 12.3 Å². The third-order valence-electron chi connectivity index (χ3n) is 3.27. The Morgan fingerprint density at radius 2 is 2.13 bits per heavy atom. The zero-order valence-electron chi connectivity index (χ0n) is 9.64. The lowest BCUT2D eigenvalue weighted by Gasteiger charge is -2.11. The van der Waals surface area contributed by atoms with Crippen molar-refractivity contribution >= 4 is 5.69 Å². The lowest BCUT2D eigenvalue weighted by Crippen LogP contribution is -2.22. The summed E-state index contributed by atoms with van der Waals surface area (Å²) in [5.74, 6) is 0. The highest BCUT2D eigenvalue weighted by atomic mass is 14.9. The predicted molar refractivity (Wildman–Crippen MR) is 64.6 cm³/mol. The van der Waals surface area contributed by atoms with Gasteiger partial charge in [0, 0.05) is 18.8 Å². The molecule has 82 valence electrons. The van der Waals surface area contributed by atoms with Crippen molar-refractivity contribution in [3.05, 3.63) is 29.3 Å². The summed E-state index contributed by atoms with van der Waals surface area (Å²) in [7, 11) is 0. The van der Waals surface area contributed by atoms with Crippen LogP contribution in [0.4, 0.5) is 5.69 Å². The Balaban J connectivity index is 1.89. The number of nitrogen functional groups attached to an aromatic ring is 1. The van der Waals surface area contributed by atoms with Gasteiger partial charge in [-0.25, -0.2) is 0 Å². The van der Waals surface area contributed by atoms with Crippen LogP contribution in [0.25, 0.3) is 0 Å². The van der Waals surface area contributed by atoms with Crippen LogP contribution in [0.2, 0.25) is 0 Å². The number of aryl methyl sites for hydroxylation is 1. The SMILES string of the molecule is Cc1ccc(N)c(CNCC2(C)CC2)c1. The van der Waals surface area contributed by atoms with E-state index < -0.39 is 0 Å². The molecule has 1 fully saturated rings. The van der Waals surface area contributed by atoms with Gasteiger partial charge in [-0.1, -0.05) is 24.6 Å². The quantitative estimate of drug-likeness (QED) is 0.739. The van der Waals surface area contributed by atoms with Gasteiger partial charge in [-0.2, -0.15) is 0 Å². The van der Waals surface area contributed by atoms with Gasteiger partial charge in [0.25, 0.3) is 0 Å². The van der Waals surface area contributed by atoms with Gasteiger partial charge < -0.3 is 11.1 Å². The molecule has 0 atom stereocenters. The molecule has 2 nitrogen and oxygen atoms in total. The number of benzene rings is 1. The van der Waals surface area contributed by atoms with E-state index in [2.05, 4.69) is 31.3 Å². The average molecular weight is 204 g/mol. The lowest BCUT2D eigenvalue weighted by atomic mass is 10.1. The molecule has 0 spiro atoms. The maximum Gasteiger partial charge on any atom is 0.0359 e. The summed E-state index contributed by atoms with van der Waals surface area (Å²) in [5, 5.41) is 3.49. The monoisotopic (exact) mass is 204 g/mol. The molecular formula is C13H20N2. The summed E-state index contributed by atoms with van der Waals surface area (Å²) < 4.78 is 0. The molecule has 0 aromatic heterocycles. The first kappa shape index (κ1) is 10.5. The van der Waals surface area contributed by atoms with Crippen molar-refractivity contribution in [2.24, 2.45) is 5.41 Å². The van der Waals surface area contributed by atoms with Crippen molar-refractivity contribution in [3.8, 4) is 0 Å². The molecule has 1 aliphatic rings. The second-order valence-corrected chi connectivity index (χ2v) is 5.12. The fourth-order valence-corrected chi connectivity index (χ4v) is 1.78. The van der Waals surface area contributed by atoms with Gasteiger partial charge in [0.05, 0.1) is 0 Å². The molecule has 0 amide bonds. The van der Waals surface area contributed by atoms with Crippen molar-refractivity contribution in [3.63, 3.8) is 0 Å². The molecule has 0 radical (unpaired) electrons. The largest absolute Gasteiger partial charge is 0.398 e. The number of hydrogen-bond donors (Lipinski definition) is 2. The lowest BCUT2D eigenvalue weighted by molar-refractivity contribution is 0.500. The van der Waals surface area contributed by atoms with E-state index in [0.717, 1.165) is 18.8 Å². The van der Waals surface area contributed by atoms with Crippen molar-refractivity contribution in [1.29, 1.82) is 0 Å². The Labute approximate surface area is 91.9 Å². The van der Waals surface area contributed by atoms with Crippen molar-refractivity contribution in [1.82, 2.24) is 5.32 Å². The van der Waals surface area contributed by atoms with E-state index >= 15 is 0 Å². The smallest absolute Gasteiger partial charge is 0.0359 e. The highest BCUT2D eigenvalue weighted by Crippen LogP contribution is 2.44. The van der Waals surface area contributed by atoms with Gasteiger partial charge in [-0.3, -0.25) is 0 Å². The van der Waals surface area contributed by atoms with E-state index in [9.17, 15) is 0 Å². The summed E-state index contributed by atoms with van der Waals surface area (Å²) in [6.45, 7) is 6.44. The maximum atomic E-state index is 5.91. The molecule has 0 saturated heterocycles.